The molecule has 0 aliphatic rings. The fourth-order valence-corrected chi connectivity index (χ4v) is 4.43. The number of carboxylic acid groups (broad SMARTS) is 1. The standard InChI is InChI=1S/C20H25NO4S2.H2/c1-14-5-10-17(13-18(14)19(22)23)27(24,25)21-11-12-26-16-8-6-15(7-9-16)20(2,3)4;/h5-10,13,21H,11-12H2,1-4H3,(H,22,23);1H. The summed E-state index contributed by atoms with van der Waals surface area (Å²) in [6, 6.07) is 12.4. The van der Waals surface area contributed by atoms with Crippen molar-refractivity contribution in [1.82, 2.24) is 4.72 Å². The number of aromatic carboxylic acids is 1. The SMILES string of the molecule is Cc1ccc(S(=O)(=O)NCCSc2ccc(C(C)(C)C)cc2)cc1C(=O)O.[HH]. The van der Waals surface area contributed by atoms with Crippen molar-refractivity contribution >= 4 is 27.8 Å². The van der Waals surface area contributed by atoms with E-state index in [4.69, 9.17) is 5.11 Å². The highest BCUT2D eigenvalue weighted by Gasteiger charge is 2.17. The van der Waals surface area contributed by atoms with Crippen LogP contribution in [0.1, 0.15) is 43.7 Å². The Morgan fingerprint density at radius 3 is 2.33 bits per heavy atom. The Bertz CT molecular complexity index is 920. The largest absolute Gasteiger partial charge is 0.478 e. The lowest BCUT2D eigenvalue weighted by molar-refractivity contribution is 0.0696. The van der Waals surface area contributed by atoms with Gasteiger partial charge in [0.15, 0.2) is 0 Å². The molecule has 0 amide bonds. The maximum Gasteiger partial charge on any atom is 0.335 e. The summed E-state index contributed by atoms with van der Waals surface area (Å²) in [7, 11) is -3.74. The van der Waals surface area contributed by atoms with Crippen LogP contribution in [0.4, 0.5) is 0 Å². The van der Waals surface area contributed by atoms with E-state index < -0.39 is 16.0 Å². The molecule has 0 bridgehead atoms. The van der Waals surface area contributed by atoms with Gasteiger partial charge in [-0.3, -0.25) is 0 Å². The molecule has 7 heteroatoms. The molecule has 0 aliphatic carbocycles. The number of hydrogen-bond donors (Lipinski definition) is 2. The van der Waals surface area contributed by atoms with E-state index in [1.54, 1.807) is 18.7 Å². The number of nitrogens with one attached hydrogen (secondary N) is 1. The van der Waals surface area contributed by atoms with E-state index in [-0.39, 0.29) is 23.8 Å². The third-order valence-electron chi connectivity index (χ3n) is 4.13. The molecular formula is C20H27NO4S2. The first-order valence-corrected chi connectivity index (χ1v) is 11.0. The van der Waals surface area contributed by atoms with E-state index in [0.717, 1.165) is 4.90 Å². The van der Waals surface area contributed by atoms with Crippen LogP contribution >= 0.6 is 11.8 Å². The summed E-state index contributed by atoms with van der Waals surface area (Å²) in [5, 5.41) is 9.15. The average Bonchev–Trinajstić information content (AvgIpc) is 2.58. The molecule has 2 rings (SSSR count). The van der Waals surface area contributed by atoms with Crippen LogP contribution in [0.3, 0.4) is 0 Å². The minimum Gasteiger partial charge on any atom is -0.478 e. The topological polar surface area (TPSA) is 83.5 Å². The Morgan fingerprint density at radius 1 is 1.15 bits per heavy atom. The molecule has 2 aromatic carbocycles. The Kier molecular flexibility index (Phi) is 6.72. The van der Waals surface area contributed by atoms with Crippen molar-refractivity contribution in [2.75, 3.05) is 12.3 Å². The Labute approximate surface area is 166 Å². The minimum absolute atomic E-state index is 0. The van der Waals surface area contributed by atoms with Gasteiger partial charge in [-0.15, -0.1) is 11.8 Å². The molecule has 2 N–H and O–H groups in total. The van der Waals surface area contributed by atoms with Crippen molar-refractivity contribution in [3.8, 4) is 0 Å². The van der Waals surface area contributed by atoms with E-state index >= 15 is 0 Å². The first-order chi connectivity index (χ1) is 12.5. The summed E-state index contributed by atoms with van der Waals surface area (Å²) in [5.41, 5.74) is 1.87. The quantitative estimate of drug-likeness (QED) is 0.526. The zero-order valence-electron chi connectivity index (χ0n) is 15.9. The van der Waals surface area contributed by atoms with Crippen LogP contribution in [0.2, 0.25) is 0 Å². The zero-order chi connectivity index (χ0) is 20.2. The number of sulfonamides is 1. The van der Waals surface area contributed by atoms with Crippen molar-refractivity contribution < 1.29 is 19.7 Å². The van der Waals surface area contributed by atoms with Crippen LogP contribution in [0.5, 0.6) is 0 Å². The van der Waals surface area contributed by atoms with Gasteiger partial charge < -0.3 is 5.11 Å². The summed E-state index contributed by atoms with van der Waals surface area (Å²) in [4.78, 5) is 12.2. The van der Waals surface area contributed by atoms with Crippen molar-refractivity contribution in [2.45, 2.75) is 42.9 Å². The molecule has 5 nitrogen and oxygen atoms in total. The summed E-state index contributed by atoms with van der Waals surface area (Å²) < 4.78 is 27.3. The molecule has 0 saturated carbocycles. The molecular weight excluding hydrogens is 382 g/mol. The predicted molar refractivity (Wildman–Crippen MR) is 111 cm³/mol. The lowest BCUT2D eigenvalue weighted by atomic mass is 9.87. The van der Waals surface area contributed by atoms with Crippen molar-refractivity contribution in [3.63, 3.8) is 0 Å². The molecule has 0 spiro atoms. The lowest BCUT2D eigenvalue weighted by Gasteiger charge is -2.19. The summed E-state index contributed by atoms with van der Waals surface area (Å²) >= 11 is 1.57. The first-order valence-electron chi connectivity index (χ1n) is 8.58. The predicted octanol–water partition coefficient (Wildman–Crippen LogP) is 4.31. The normalized spacial score (nSPS) is 12.1. The fraction of sp³-hybridized carbons (Fsp3) is 0.350. The second-order valence-electron chi connectivity index (χ2n) is 7.30. The van der Waals surface area contributed by atoms with Gasteiger partial charge in [0.25, 0.3) is 0 Å². The Hall–Kier alpha value is -1.83. The summed E-state index contributed by atoms with van der Waals surface area (Å²) in [6.07, 6.45) is 0. The Morgan fingerprint density at radius 2 is 1.78 bits per heavy atom. The number of carbonyl (C=O) groups is 1. The van der Waals surface area contributed by atoms with Crippen LogP contribution in [0.15, 0.2) is 52.3 Å². The molecule has 0 unspecified atom stereocenters. The van der Waals surface area contributed by atoms with Gasteiger partial charge in [0.1, 0.15) is 0 Å². The third kappa shape index (κ3) is 5.82. The highest BCUT2D eigenvalue weighted by molar-refractivity contribution is 7.99. The highest BCUT2D eigenvalue weighted by Crippen LogP contribution is 2.25. The number of carboxylic acids is 1. The van der Waals surface area contributed by atoms with Crippen LogP contribution in [0, 0.1) is 6.92 Å². The monoisotopic (exact) mass is 409 g/mol. The zero-order valence-corrected chi connectivity index (χ0v) is 17.6. The van der Waals surface area contributed by atoms with Crippen LogP contribution in [-0.4, -0.2) is 31.8 Å². The average molecular weight is 410 g/mol. The van der Waals surface area contributed by atoms with Gasteiger partial charge in [-0.1, -0.05) is 39.0 Å². The fourth-order valence-electron chi connectivity index (χ4n) is 2.48. The van der Waals surface area contributed by atoms with Gasteiger partial charge in [0.2, 0.25) is 10.0 Å². The molecule has 0 heterocycles. The molecule has 0 aliphatic heterocycles. The van der Waals surface area contributed by atoms with Gasteiger partial charge in [-0.2, -0.15) is 0 Å². The molecule has 27 heavy (non-hydrogen) atoms. The third-order valence-corrected chi connectivity index (χ3v) is 6.61. The van der Waals surface area contributed by atoms with Crippen molar-refractivity contribution in [2.24, 2.45) is 0 Å². The van der Waals surface area contributed by atoms with E-state index in [2.05, 4.69) is 37.6 Å². The lowest BCUT2D eigenvalue weighted by Crippen LogP contribution is -2.26. The van der Waals surface area contributed by atoms with Crippen LogP contribution < -0.4 is 4.72 Å². The van der Waals surface area contributed by atoms with E-state index in [1.165, 1.54) is 23.8 Å². The van der Waals surface area contributed by atoms with Crippen LogP contribution in [0.25, 0.3) is 0 Å². The Balaban J connectivity index is 0.00000392. The molecule has 0 atom stereocenters. The number of thioether (sulfide) groups is 1. The molecule has 0 aromatic heterocycles. The van der Waals surface area contributed by atoms with Gasteiger partial charge in [-0.05, 0) is 47.7 Å². The molecule has 0 saturated heterocycles. The number of hydrogen-bond acceptors (Lipinski definition) is 4. The first kappa shape index (κ1) is 21.5. The molecule has 0 fully saturated rings. The maximum atomic E-state index is 12.4. The van der Waals surface area contributed by atoms with Gasteiger partial charge in [0.05, 0.1) is 10.5 Å². The highest BCUT2D eigenvalue weighted by atomic mass is 32.2. The molecule has 2 aromatic rings. The van der Waals surface area contributed by atoms with E-state index in [9.17, 15) is 13.2 Å². The van der Waals surface area contributed by atoms with Crippen molar-refractivity contribution in [3.05, 3.63) is 59.2 Å². The van der Waals surface area contributed by atoms with E-state index in [1.807, 2.05) is 12.1 Å². The smallest absolute Gasteiger partial charge is 0.335 e. The molecule has 0 radical (unpaired) electrons. The number of aryl methyl sites for hydroxylation is 1. The summed E-state index contributed by atoms with van der Waals surface area (Å²) in [6.45, 7) is 8.36. The van der Waals surface area contributed by atoms with Gasteiger partial charge in [0, 0.05) is 18.6 Å². The van der Waals surface area contributed by atoms with Crippen molar-refractivity contribution in [1.29, 1.82) is 0 Å². The van der Waals surface area contributed by atoms with E-state index in [0.29, 0.717) is 11.3 Å². The molecule has 148 valence electrons. The maximum absolute atomic E-state index is 12.4. The second-order valence-corrected chi connectivity index (χ2v) is 10.2. The van der Waals surface area contributed by atoms with Gasteiger partial charge in [-0.25, -0.2) is 17.9 Å². The summed E-state index contributed by atoms with van der Waals surface area (Å²) in [5.74, 6) is -0.565. The second kappa shape index (κ2) is 8.46. The minimum atomic E-state index is -3.74. The van der Waals surface area contributed by atoms with Crippen LogP contribution in [-0.2, 0) is 15.4 Å². The number of rotatable bonds is 7. The number of benzene rings is 2. The van der Waals surface area contributed by atoms with Gasteiger partial charge >= 0.3 is 5.97 Å².